The number of aromatic nitrogens is 2. The lowest BCUT2D eigenvalue weighted by molar-refractivity contribution is -0.152. The van der Waals surface area contributed by atoms with E-state index >= 15 is 0 Å². The molecule has 1 aromatic heterocycles. The van der Waals surface area contributed by atoms with E-state index in [1.807, 2.05) is 13.8 Å². The molecule has 0 bridgehead atoms. The Hall–Kier alpha value is -3.47. The van der Waals surface area contributed by atoms with Crippen molar-refractivity contribution >= 4 is 35.4 Å². The Morgan fingerprint density at radius 1 is 1.09 bits per heavy atom. The SMILES string of the molecule is C#Cc1cn([C@H]2C=C[C@@H](OCP(=O)(N[C@@H](CC(=O)OCCCCC)C(=O)OCCCCC)Oc3ccc(Br)cc3)O2)c(=O)[nH]c1=O. The second kappa shape index (κ2) is 18.6. The van der Waals surface area contributed by atoms with Crippen molar-refractivity contribution in [2.24, 2.45) is 0 Å². The average Bonchev–Trinajstić information content (AvgIpc) is 3.50. The highest BCUT2D eigenvalue weighted by Crippen LogP contribution is 2.45. The monoisotopic (exact) mass is 723 g/mol. The summed E-state index contributed by atoms with van der Waals surface area (Å²) >= 11 is 3.34. The van der Waals surface area contributed by atoms with Crippen molar-refractivity contribution in [1.82, 2.24) is 14.6 Å². The number of terminal acetylenes is 1. The van der Waals surface area contributed by atoms with Crippen molar-refractivity contribution in [3.63, 3.8) is 0 Å². The van der Waals surface area contributed by atoms with Gasteiger partial charge >= 0.3 is 25.1 Å². The number of unbranched alkanes of at least 4 members (excludes halogenated alkanes) is 4. The van der Waals surface area contributed by atoms with Gasteiger partial charge in [0.25, 0.3) is 5.56 Å². The quantitative estimate of drug-likeness (QED) is 0.0676. The molecule has 46 heavy (non-hydrogen) atoms. The summed E-state index contributed by atoms with van der Waals surface area (Å²) in [6.45, 7) is 4.34. The van der Waals surface area contributed by atoms with E-state index in [-0.39, 0.29) is 24.5 Å². The fourth-order valence-electron chi connectivity index (χ4n) is 4.18. The smallest absolute Gasteiger partial charge is 0.342 e. The molecule has 0 amide bonds. The molecule has 1 aromatic carbocycles. The first-order valence-electron chi connectivity index (χ1n) is 15.0. The minimum Gasteiger partial charge on any atom is -0.466 e. The Balaban J connectivity index is 1.78. The van der Waals surface area contributed by atoms with Crippen molar-refractivity contribution in [1.29, 1.82) is 0 Å². The Morgan fingerprint density at radius 3 is 2.41 bits per heavy atom. The van der Waals surface area contributed by atoms with Crippen LogP contribution in [0.15, 0.2) is 56.7 Å². The minimum absolute atomic E-state index is 0.0749. The van der Waals surface area contributed by atoms with Crippen molar-refractivity contribution in [2.45, 2.75) is 77.4 Å². The van der Waals surface area contributed by atoms with Gasteiger partial charge in [0.15, 0.2) is 18.9 Å². The topological polar surface area (TPSA) is 164 Å². The van der Waals surface area contributed by atoms with Crippen LogP contribution in [0.25, 0.3) is 0 Å². The van der Waals surface area contributed by atoms with Crippen LogP contribution in [0.1, 0.15) is 70.6 Å². The van der Waals surface area contributed by atoms with Crippen LogP contribution < -0.4 is 20.9 Å². The minimum atomic E-state index is -4.13. The molecule has 2 N–H and O–H groups in total. The molecule has 0 radical (unpaired) electrons. The van der Waals surface area contributed by atoms with Gasteiger partial charge in [-0.2, -0.15) is 0 Å². The van der Waals surface area contributed by atoms with Gasteiger partial charge in [0.2, 0.25) is 0 Å². The van der Waals surface area contributed by atoms with Crippen LogP contribution in [0, 0.1) is 12.3 Å². The summed E-state index contributed by atoms with van der Waals surface area (Å²) in [5.74, 6) is 0.932. The molecule has 0 saturated heterocycles. The molecule has 0 saturated carbocycles. The second-order valence-corrected chi connectivity index (χ2v) is 13.3. The van der Waals surface area contributed by atoms with Gasteiger partial charge in [-0.1, -0.05) is 61.4 Å². The number of carbonyl (C=O) groups is 2. The van der Waals surface area contributed by atoms with Gasteiger partial charge in [-0.05, 0) is 49.3 Å². The number of esters is 2. The zero-order valence-corrected chi connectivity index (χ0v) is 28.3. The van der Waals surface area contributed by atoms with Gasteiger partial charge in [0.05, 0.1) is 19.6 Å². The molecule has 2 aromatic rings. The molecule has 13 nitrogen and oxygen atoms in total. The molecule has 4 atom stereocenters. The maximum Gasteiger partial charge on any atom is 0.342 e. The largest absolute Gasteiger partial charge is 0.466 e. The van der Waals surface area contributed by atoms with E-state index in [0.29, 0.717) is 12.8 Å². The lowest BCUT2D eigenvalue weighted by Gasteiger charge is -2.26. The fraction of sp³-hybridized carbons (Fsp3) is 0.484. The molecule has 3 rings (SSSR count). The predicted octanol–water partition coefficient (Wildman–Crippen LogP) is 4.75. The Kier molecular flexibility index (Phi) is 15.0. The first-order chi connectivity index (χ1) is 22.1. The Labute approximate surface area is 275 Å². The fourth-order valence-corrected chi connectivity index (χ4v) is 6.10. The van der Waals surface area contributed by atoms with Crippen LogP contribution in [0.3, 0.4) is 0 Å². The molecule has 15 heteroatoms. The number of halogens is 1. The molecule has 2 heterocycles. The Morgan fingerprint density at radius 2 is 1.76 bits per heavy atom. The highest BCUT2D eigenvalue weighted by atomic mass is 79.9. The molecule has 0 spiro atoms. The van der Waals surface area contributed by atoms with Crippen molar-refractivity contribution in [3.05, 3.63) is 73.5 Å². The molecule has 1 aliphatic rings. The number of aromatic amines is 1. The molecular formula is C31H39BrN3O10P. The molecule has 0 fully saturated rings. The summed E-state index contributed by atoms with van der Waals surface area (Å²) in [4.78, 5) is 52.1. The van der Waals surface area contributed by atoms with E-state index in [1.54, 1.807) is 24.3 Å². The normalized spacial score (nSPS) is 17.5. The molecule has 0 aliphatic carbocycles. The number of H-pyrrole nitrogens is 1. The summed E-state index contributed by atoms with van der Waals surface area (Å²) in [7, 11) is -4.13. The van der Waals surface area contributed by atoms with Crippen LogP contribution in [0.4, 0.5) is 0 Å². The van der Waals surface area contributed by atoms with Gasteiger partial charge in [-0.3, -0.25) is 28.5 Å². The average molecular weight is 725 g/mol. The van der Waals surface area contributed by atoms with Crippen molar-refractivity contribution in [2.75, 3.05) is 19.6 Å². The van der Waals surface area contributed by atoms with Crippen LogP contribution in [0.2, 0.25) is 0 Å². The lowest BCUT2D eigenvalue weighted by Crippen LogP contribution is -2.40. The van der Waals surface area contributed by atoms with Gasteiger partial charge in [-0.25, -0.2) is 9.88 Å². The third kappa shape index (κ3) is 11.7. The Bertz CT molecular complexity index is 1550. The summed E-state index contributed by atoms with van der Waals surface area (Å²) in [5.41, 5.74) is -1.54. The zero-order valence-electron chi connectivity index (χ0n) is 25.8. The van der Waals surface area contributed by atoms with E-state index < -0.39 is 62.0 Å². The predicted molar refractivity (Wildman–Crippen MR) is 173 cm³/mol. The summed E-state index contributed by atoms with van der Waals surface area (Å²) in [5, 5.41) is 2.69. The molecule has 250 valence electrons. The first-order valence-corrected chi connectivity index (χ1v) is 17.6. The van der Waals surface area contributed by atoms with Crippen LogP contribution in [0.5, 0.6) is 5.75 Å². The summed E-state index contributed by atoms with van der Waals surface area (Å²) < 4.78 is 44.2. The molecular weight excluding hydrogens is 685 g/mol. The number of nitrogens with zero attached hydrogens (tertiary/aromatic N) is 1. The van der Waals surface area contributed by atoms with Gasteiger partial charge in [0.1, 0.15) is 17.4 Å². The maximum atomic E-state index is 14.3. The van der Waals surface area contributed by atoms with E-state index in [1.165, 1.54) is 18.3 Å². The van der Waals surface area contributed by atoms with Crippen molar-refractivity contribution < 1.29 is 37.6 Å². The van der Waals surface area contributed by atoms with Crippen LogP contribution >= 0.6 is 23.4 Å². The van der Waals surface area contributed by atoms with E-state index in [4.69, 9.17) is 29.9 Å². The molecule has 1 unspecified atom stereocenters. The first kappa shape index (κ1) is 37.0. The summed E-state index contributed by atoms with van der Waals surface area (Å²) in [6, 6.07) is 5.10. The van der Waals surface area contributed by atoms with Crippen molar-refractivity contribution in [3.8, 4) is 18.1 Å². The van der Waals surface area contributed by atoms with Gasteiger partial charge < -0.3 is 23.5 Å². The third-order valence-corrected chi connectivity index (χ3v) is 8.82. The van der Waals surface area contributed by atoms with E-state index in [9.17, 15) is 23.7 Å². The van der Waals surface area contributed by atoms with Crippen LogP contribution in [-0.4, -0.2) is 53.4 Å². The highest BCUT2D eigenvalue weighted by Gasteiger charge is 2.36. The number of hydrogen-bond donors (Lipinski definition) is 2. The standard InChI is InChI=1S/C31H39BrN3O10P/c1-4-7-9-17-41-27(36)19-25(30(38)42-18-10-8-5-2)34-46(40,45-24-13-11-23(32)12-14-24)21-43-28-16-15-26(44-28)35-20-22(6-3)29(37)33-31(35)39/h3,11-16,20,25-26,28H,4-5,7-10,17-19,21H2,1-2H3,(H,34,40)(H,33,37,39)/t25-,26+,28-,46?/m0/s1. The van der Waals surface area contributed by atoms with Gasteiger partial charge in [-0.15, -0.1) is 6.42 Å². The van der Waals surface area contributed by atoms with Gasteiger partial charge in [0, 0.05) is 10.7 Å². The number of rotatable bonds is 19. The summed E-state index contributed by atoms with van der Waals surface area (Å²) in [6.07, 6.45) is 11.2. The second-order valence-electron chi connectivity index (χ2n) is 10.3. The maximum absolute atomic E-state index is 14.3. The molecule has 1 aliphatic heterocycles. The van der Waals surface area contributed by atoms with E-state index in [0.717, 1.165) is 34.7 Å². The number of ether oxygens (including phenoxy) is 4. The lowest BCUT2D eigenvalue weighted by atomic mass is 10.2. The number of hydrogen-bond acceptors (Lipinski definition) is 10. The van der Waals surface area contributed by atoms with Crippen LogP contribution in [-0.2, 0) is 33.1 Å². The third-order valence-electron chi connectivity index (χ3n) is 6.59. The zero-order chi connectivity index (χ0) is 33.5. The van der Waals surface area contributed by atoms with E-state index in [2.05, 4.69) is 31.9 Å². The highest BCUT2D eigenvalue weighted by molar-refractivity contribution is 9.10. The number of carbonyl (C=O) groups excluding carboxylic acids is 2. The number of nitrogens with one attached hydrogen (secondary N) is 2. The number of benzene rings is 1.